The number of aliphatic hydroxyl groups is 1. The van der Waals surface area contributed by atoms with Crippen LogP contribution in [0.25, 0.3) is 0 Å². The minimum Gasteiger partial charge on any atom is -0.387 e. The number of aromatic nitrogens is 2. The van der Waals surface area contributed by atoms with E-state index >= 15 is 0 Å². The van der Waals surface area contributed by atoms with Gasteiger partial charge in [0.25, 0.3) is 0 Å². The monoisotopic (exact) mass is 276 g/mol. The highest BCUT2D eigenvalue weighted by atomic mass is 16.5. The van der Waals surface area contributed by atoms with Crippen molar-refractivity contribution < 1.29 is 9.84 Å². The molecule has 4 rings (SSSR count). The van der Waals surface area contributed by atoms with Crippen molar-refractivity contribution >= 4 is 0 Å². The Bertz CT molecular complexity index is 475. The molecule has 2 saturated carbocycles. The van der Waals surface area contributed by atoms with Gasteiger partial charge >= 0.3 is 0 Å². The Morgan fingerprint density at radius 2 is 2.10 bits per heavy atom. The molecule has 3 aliphatic rings. The van der Waals surface area contributed by atoms with E-state index in [1.54, 1.807) is 0 Å². The second-order valence-electron chi connectivity index (χ2n) is 6.89. The van der Waals surface area contributed by atoms with Gasteiger partial charge in [0, 0.05) is 12.6 Å². The average molecular weight is 276 g/mol. The summed E-state index contributed by atoms with van der Waals surface area (Å²) in [5.74, 6) is 0.330. The van der Waals surface area contributed by atoms with Gasteiger partial charge in [0.15, 0.2) is 0 Å². The van der Waals surface area contributed by atoms with Crippen LogP contribution in [0.2, 0.25) is 0 Å². The molecule has 0 amide bonds. The van der Waals surface area contributed by atoms with Gasteiger partial charge in [-0.25, -0.2) is 4.98 Å². The number of hydrogen-bond acceptors (Lipinski definition) is 3. The van der Waals surface area contributed by atoms with Gasteiger partial charge in [0.05, 0.1) is 29.9 Å². The van der Waals surface area contributed by atoms with Crippen LogP contribution in [0.15, 0.2) is 12.5 Å². The van der Waals surface area contributed by atoms with E-state index < -0.39 is 0 Å². The van der Waals surface area contributed by atoms with Gasteiger partial charge in [-0.3, -0.25) is 0 Å². The first-order valence-electron chi connectivity index (χ1n) is 8.11. The maximum Gasteiger partial charge on any atom is 0.0985 e. The van der Waals surface area contributed by atoms with Gasteiger partial charge in [0.2, 0.25) is 0 Å². The van der Waals surface area contributed by atoms with Crippen LogP contribution in [-0.2, 0) is 4.74 Å². The molecule has 2 unspecified atom stereocenters. The summed E-state index contributed by atoms with van der Waals surface area (Å²) in [4.78, 5) is 4.26. The predicted octanol–water partition coefficient (Wildman–Crippen LogP) is 2.99. The third kappa shape index (κ3) is 2.19. The first kappa shape index (κ1) is 12.8. The first-order chi connectivity index (χ1) is 9.77. The molecule has 1 spiro atoms. The van der Waals surface area contributed by atoms with Crippen molar-refractivity contribution in [3.05, 3.63) is 18.2 Å². The summed E-state index contributed by atoms with van der Waals surface area (Å²) in [6.45, 7) is 0.805. The molecule has 110 valence electrons. The van der Waals surface area contributed by atoms with Gasteiger partial charge in [-0.15, -0.1) is 0 Å². The molecule has 1 aromatic rings. The van der Waals surface area contributed by atoms with Gasteiger partial charge in [0.1, 0.15) is 0 Å². The second kappa shape index (κ2) is 4.85. The van der Waals surface area contributed by atoms with Crippen LogP contribution in [0, 0.1) is 5.92 Å². The Kier molecular flexibility index (Phi) is 3.11. The van der Waals surface area contributed by atoms with Gasteiger partial charge in [-0.05, 0) is 44.4 Å². The molecule has 20 heavy (non-hydrogen) atoms. The molecule has 2 aliphatic carbocycles. The predicted molar refractivity (Wildman–Crippen MR) is 75.3 cm³/mol. The van der Waals surface area contributed by atoms with E-state index in [1.807, 2.05) is 12.5 Å². The molecule has 1 aromatic heterocycles. The van der Waals surface area contributed by atoms with E-state index in [4.69, 9.17) is 4.74 Å². The molecule has 4 nitrogen and oxygen atoms in total. The van der Waals surface area contributed by atoms with Crippen LogP contribution >= 0.6 is 0 Å². The van der Waals surface area contributed by atoms with Gasteiger partial charge < -0.3 is 14.4 Å². The number of rotatable bonds is 3. The fourth-order valence-corrected chi connectivity index (χ4v) is 4.15. The second-order valence-corrected chi connectivity index (χ2v) is 6.89. The van der Waals surface area contributed by atoms with Crippen LogP contribution in [-0.4, -0.2) is 26.9 Å². The minimum atomic E-state index is -0.375. The lowest BCUT2D eigenvalue weighted by molar-refractivity contribution is -0.114. The quantitative estimate of drug-likeness (QED) is 0.923. The zero-order valence-electron chi connectivity index (χ0n) is 12.0. The fraction of sp³-hybridized carbons (Fsp3) is 0.812. The Morgan fingerprint density at radius 3 is 2.85 bits per heavy atom. The SMILES string of the molecule is OC(c1cncn1C1CC1)C1CCOC2(CCCC2)C1. The van der Waals surface area contributed by atoms with E-state index in [9.17, 15) is 5.11 Å². The zero-order valence-corrected chi connectivity index (χ0v) is 12.0. The summed E-state index contributed by atoms with van der Waals surface area (Å²) in [5.41, 5.74) is 1.10. The van der Waals surface area contributed by atoms with Gasteiger partial charge in [-0.1, -0.05) is 12.8 Å². The van der Waals surface area contributed by atoms with E-state index in [0.717, 1.165) is 25.1 Å². The molecular weight excluding hydrogens is 252 g/mol. The topological polar surface area (TPSA) is 47.3 Å². The summed E-state index contributed by atoms with van der Waals surface area (Å²) in [5, 5.41) is 10.8. The number of hydrogen-bond donors (Lipinski definition) is 1. The third-order valence-corrected chi connectivity index (χ3v) is 5.43. The normalized spacial score (nSPS) is 30.8. The summed E-state index contributed by atoms with van der Waals surface area (Å²) >= 11 is 0. The van der Waals surface area contributed by atoms with Crippen molar-refractivity contribution in [2.45, 2.75) is 69.1 Å². The van der Waals surface area contributed by atoms with Crippen molar-refractivity contribution in [1.29, 1.82) is 0 Å². The highest BCUT2D eigenvalue weighted by Crippen LogP contribution is 2.46. The van der Waals surface area contributed by atoms with Crippen molar-refractivity contribution in [3.8, 4) is 0 Å². The molecular formula is C16H24N2O2. The Balaban J connectivity index is 1.52. The molecule has 0 aromatic carbocycles. The molecule has 0 bridgehead atoms. The van der Waals surface area contributed by atoms with E-state index in [1.165, 1.54) is 38.5 Å². The lowest BCUT2D eigenvalue weighted by atomic mass is 9.81. The molecule has 4 heteroatoms. The molecule has 1 aliphatic heterocycles. The number of imidazole rings is 1. The first-order valence-corrected chi connectivity index (χ1v) is 8.11. The summed E-state index contributed by atoms with van der Waals surface area (Å²) < 4.78 is 8.28. The van der Waals surface area contributed by atoms with Crippen LogP contribution in [0.4, 0.5) is 0 Å². The smallest absolute Gasteiger partial charge is 0.0985 e. The van der Waals surface area contributed by atoms with Crippen molar-refractivity contribution in [2.75, 3.05) is 6.61 Å². The molecule has 2 atom stereocenters. The van der Waals surface area contributed by atoms with Crippen LogP contribution in [0.5, 0.6) is 0 Å². The Hall–Kier alpha value is -0.870. The highest BCUT2D eigenvalue weighted by molar-refractivity contribution is 5.09. The minimum absolute atomic E-state index is 0.0777. The maximum absolute atomic E-state index is 10.8. The molecule has 1 saturated heterocycles. The van der Waals surface area contributed by atoms with E-state index in [-0.39, 0.29) is 11.7 Å². The lowest BCUT2D eigenvalue weighted by Crippen LogP contribution is -2.39. The molecule has 0 radical (unpaired) electrons. The van der Waals surface area contributed by atoms with E-state index in [2.05, 4.69) is 9.55 Å². The summed E-state index contributed by atoms with van der Waals surface area (Å²) in [6, 6.07) is 0.586. The number of ether oxygens (including phenoxy) is 1. The molecule has 3 fully saturated rings. The largest absolute Gasteiger partial charge is 0.387 e. The summed E-state index contributed by atoms with van der Waals surface area (Å²) in [6.07, 6.45) is 12.7. The number of nitrogens with zero attached hydrogens (tertiary/aromatic N) is 2. The average Bonchev–Trinajstić information content (AvgIpc) is 3.03. The maximum atomic E-state index is 10.8. The Morgan fingerprint density at radius 1 is 1.30 bits per heavy atom. The summed E-state index contributed by atoms with van der Waals surface area (Å²) in [7, 11) is 0. The molecule has 2 heterocycles. The number of aliphatic hydroxyl groups excluding tert-OH is 1. The Labute approximate surface area is 120 Å². The lowest BCUT2D eigenvalue weighted by Gasteiger charge is -2.40. The van der Waals surface area contributed by atoms with Crippen LogP contribution in [0.1, 0.15) is 69.2 Å². The third-order valence-electron chi connectivity index (χ3n) is 5.43. The fourth-order valence-electron chi connectivity index (χ4n) is 4.15. The van der Waals surface area contributed by atoms with Crippen molar-refractivity contribution in [1.82, 2.24) is 9.55 Å². The van der Waals surface area contributed by atoms with Crippen LogP contribution in [0.3, 0.4) is 0 Å². The van der Waals surface area contributed by atoms with Gasteiger partial charge in [-0.2, -0.15) is 0 Å². The zero-order chi connectivity index (χ0) is 13.6. The van der Waals surface area contributed by atoms with E-state index in [0.29, 0.717) is 12.0 Å². The van der Waals surface area contributed by atoms with Crippen LogP contribution < -0.4 is 0 Å². The van der Waals surface area contributed by atoms with Crippen molar-refractivity contribution in [2.24, 2.45) is 5.92 Å². The molecule has 1 N–H and O–H groups in total. The van der Waals surface area contributed by atoms with Crippen molar-refractivity contribution in [3.63, 3.8) is 0 Å². The standard InChI is InChI=1S/C16H24N2O2/c19-15(14-10-17-11-18(14)13-3-4-13)12-5-8-20-16(9-12)6-1-2-7-16/h10-13,15,19H,1-9H2. The highest BCUT2D eigenvalue weighted by Gasteiger charge is 2.42.